The van der Waals surface area contributed by atoms with E-state index in [0.29, 0.717) is 10.8 Å². The molecule has 0 fully saturated rings. The van der Waals surface area contributed by atoms with Crippen molar-refractivity contribution < 1.29 is 19.4 Å². The van der Waals surface area contributed by atoms with Crippen LogP contribution in [0.5, 0.6) is 11.5 Å². The van der Waals surface area contributed by atoms with Crippen molar-refractivity contribution in [1.29, 1.82) is 0 Å². The number of hydrogen-bond donors (Lipinski definition) is 1. The Morgan fingerprint density at radius 2 is 1.87 bits per heavy atom. The number of rotatable bonds is 4. The van der Waals surface area contributed by atoms with Crippen LogP contribution in [0.2, 0.25) is 10.0 Å². The van der Waals surface area contributed by atoms with Gasteiger partial charge in [0.25, 0.3) is 0 Å². The number of methoxy groups -OCH3 is 1. The first kappa shape index (κ1) is 11.9. The molecule has 0 amide bonds. The van der Waals surface area contributed by atoms with Crippen molar-refractivity contribution in [2.24, 2.45) is 0 Å². The summed E-state index contributed by atoms with van der Waals surface area (Å²) in [6.07, 6.45) is 0. The summed E-state index contributed by atoms with van der Waals surface area (Å²) in [6.45, 7) is -0.470. The largest absolute Gasteiger partial charge is 0.495 e. The molecule has 0 heterocycles. The van der Waals surface area contributed by atoms with Crippen molar-refractivity contribution in [1.82, 2.24) is 0 Å². The van der Waals surface area contributed by atoms with Crippen LogP contribution in [-0.2, 0) is 4.79 Å². The summed E-state index contributed by atoms with van der Waals surface area (Å²) in [6, 6.07) is 2.87. The summed E-state index contributed by atoms with van der Waals surface area (Å²) in [7, 11) is 1.45. The van der Waals surface area contributed by atoms with Gasteiger partial charge in [-0.1, -0.05) is 23.2 Å². The fourth-order valence-corrected chi connectivity index (χ4v) is 1.36. The van der Waals surface area contributed by atoms with E-state index >= 15 is 0 Å². The number of carboxylic acids is 1. The summed E-state index contributed by atoms with van der Waals surface area (Å²) in [5, 5.41) is 8.97. The Bertz CT molecular complexity index is 379. The zero-order valence-corrected chi connectivity index (χ0v) is 9.30. The molecule has 0 atom stereocenters. The topological polar surface area (TPSA) is 55.8 Å². The molecule has 0 saturated carbocycles. The zero-order chi connectivity index (χ0) is 11.4. The van der Waals surface area contributed by atoms with E-state index in [9.17, 15) is 4.79 Å². The molecular weight excluding hydrogens is 243 g/mol. The van der Waals surface area contributed by atoms with E-state index in [0.717, 1.165) is 0 Å². The summed E-state index contributed by atoms with van der Waals surface area (Å²) >= 11 is 11.6. The molecular formula is C9H8Cl2O4. The van der Waals surface area contributed by atoms with Crippen LogP contribution in [-0.4, -0.2) is 24.8 Å². The molecule has 0 unspecified atom stereocenters. The highest BCUT2D eigenvalue weighted by molar-refractivity contribution is 6.35. The van der Waals surface area contributed by atoms with Crippen LogP contribution < -0.4 is 9.47 Å². The van der Waals surface area contributed by atoms with E-state index in [1.165, 1.54) is 19.2 Å². The molecule has 0 saturated heterocycles. The van der Waals surface area contributed by atoms with E-state index in [2.05, 4.69) is 0 Å². The Morgan fingerprint density at radius 3 is 2.40 bits per heavy atom. The Kier molecular flexibility index (Phi) is 4.05. The predicted molar refractivity (Wildman–Crippen MR) is 56.1 cm³/mol. The van der Waals surface area contributed by atoms with Crippen LogP contribution in [0, 0.1) is 0 Å². The standard InChI is InChI=1S/C9H8Cl2O4/c1-14-7-2-6(11)8(3-5(7)10)15-4-9(12)13/h2-3H,4H2,1H3,(H,12,13). The van der Waals surface area contributed by atoms with Gasteiger partial charge in [0.05, 0.1) is 17.2 Å². The van der Waals surface area contributed by atoms with Crippen molar-refractivity contribution >= 4 is 29.2 Å². The van der Waals surface area contributed by atoms with Crippen molar-refractivity contribution in [3.05, 3.63) is 22.2 Å². The molecule has 0 bridgehead atoms. The lowest BCUT2D eigenvalue weighted by atomic mass is 10.3. The number of carboxylic acid groups (broad SMARTS) is 1. The molecule has 0 spiro atoms. The van der Waals surface area contributed by atoms with Gasteiger partial charge in [0.15, 0.2) is 6.61 Å². The Labute approximate surface area is 96.3 Å². The van der Waals surface area contributed by atoms with E-state index in [1.54, 1.807) is 0 Å². The maximum atomic E-state index is 10.3. The fourth-order valence-electron chi connectivity index (χ4n) is 0.917. The van der Waals surface area contributed by atoms with Crippen molar-refractivity contribution in [3.63, 3.8) is 0 Å². The van der Waals surface area contributed by atoms with E-state index in [1.807, 2.05) is 0 Å². The van der Waals surface area contributed by atoms with Crippen molar-refractivity contribution in [3.8, 4) is 11.5 Å². The fraction of sp³-hybridized carbons (Fsp3) is 0.222. The highest BCUT2D eigenvalue weighted by atomic mass is 35.5. The van der Waals surface area contributed by atoms with Crippen LogP contribution in [0.1, 0.15) is 0 Å². The molecule has 6 heteroatoms. The van der Waals surface area contributed by atoms with Crippen LogP contribution in [0.15, 0.2) is 12.1 Å². The molecule has 1 aromatic carbocycles. The molecule has 82 valence electrons. The lowest BCUT2D eigenvalue weighted by Crippen LogP contribution is -2.09. The minimum absolute atomic E-state index is 0.213. The smallest absolute Gasteiger partial charge is 0.341 e. The van der Waals surface area contributed by atoms with Gasteiger partial charge in [0.2, 0.25) is 0 Å². The second kappa shape index (κ2) is 5.09. The molecule has 0 aromatic heterocycles. The van der Waals surface area contributed by atoms with Crippen LogP contribution in [0.25, 0.3) is 0 Å². The number of aliphatic carboxylic acids is 1. The quantitative estimate of drug-likeness (QED) is 0.892. The summed E-state index contributed by atoms with van der Waals surface area (Å²) < 4.78 is 9.83. The van der Waals surface area contributed by atoms with Gasteiger partial charge in [-0.2, -0.15) is 0 Å². The van der Waals surface area contributed by atoms with E-state index in [-0.39, 0.29) is 10.8 Å². The number of hydrogen-bond acceptors (Lipinski definition) is 3. The molecule has 4 nitrogen and oxygen atoms in total. The number of carbonyl (C=O) groups is 1. The molecule has 0 aliphatic heterocycles. The third-order valence-corrected chi connectivity index (χ3v) is 2.15. The van der Waals surface area contributed by atoms with Crippen molar-refractivity contribution in [2.45, 2.75) is 0 Å². The van der Waals surface area contributed by atoms with Gasteiger partial charge < -0.3 is 14.6 Å². The van der Waals surface area contributed by atoms with Crippen molar-refractivity contribution in [2.75, 3.05) is 13.7 Å². The third kappa shape index (κ3) is 3.18. The van der Waals surface area contributed by atoms with Gasteiger partial charge in [-0.3, -0.25) is 0 Å². The SMILES string of the molecule is COc1cc(Cl)c(OCC(=O)O)cc1Cl. The van der Waals surface area contributed by atoms with Gasteiger partial charge in [0, 0.05) is 12.1 Å². The molecule has 1 aromatic rings. The maximum Gasteiger partial charge on any atom is 0.341 e. The minimum atomic E-state index is -1.09. The van der Waals surface area contributed by atoms with Gasteiger partial charge in [0.1, 0.15) is 11.5 Å². The number of halogens is 2. The monoisotopic (exact) mass is 250 g/mol. The van der Waals surface area contributed by atoms with Gasteiger partial charge >= 0.3 is 5.97 Å². The second-order valence-electron chi connectivity index (χ2n) is 2.60. The zero-order valence-electron chi connectivity index (χ0n) is 7.79. The van der Waals surface area contributed by atoms with E-state index < -0.39 is 12.6 Å². The minimum Gasteiger partial charge on any atom is -0.495 e. The highest BCUT2D eigenvalue weighted by Crippen LogP contribution is 2.35. The van der Waals surface area contributed by atoms with Crippen LogP contribution in [0.4, 0.5) is 0 Å². The third-order valence-electron chi connectivity index (χ3n) is 1.56. The number of ether oxygens (including phenoxy) is 2. The van der Waals surface area contributed by atoms with Crippen LogP contribution >= 0.6 is 23.2 Å². The Morgan fingerprint density at radius 1 is 1.33 bits per heavy atom. The average molecular weight is 251 g/mol. The highest BCUT2D eigenvalue weighted by Gasteiger charge is 2.09. The Balaban J connectivity index is 2.90. The molecule has 1 rings (SSSR count). The molecule has 15 heavy (non-hydrogen) atoms. The first-order valence-electron chi connectivity index (χ1n) is 3.92. The van der Waals surface area contributed by atoms with E-state index in [4.69, 9.17) is 37.8 Å². The second-order valence-corrected chi connectivity index (χ2v) is 3.41. The molecule has 1 N–H and O–H groups in total. The molecule has 0 radical (unpaired) electrons. The first-order chi connectivity index (χ1) is 7.04. The lowest BCUT2D eigenvalue weighted by molar-refractivity contribution is -0.139. The first-order valence-corrected chi connectivity index (χ1v) is 4.68. The summed E-state index contributed by atoms with van der Waals surface area (Å²) in [5.41, 5.74) is 0. The van der Waals surface area contributed by atoms with Gasteiger partial charge in [-0.05, 0) is 0 Å². The normalized spacial score (nSPS) is 9.80. The van der Waals surface area contributed by atoms with Crippen LogP contribution in [0.3, 0.4) is 0 Å². The maximum absolute atomic E-state index is 10.3. The predicted octanol–water partition coefficient (Wildman–Crippen LogP) is 2.47. The Hall–Kier alpha value is -1.13. The average Bonchev–Trinajstić information content (AvgIpc) is 2.18. The molecule has 0 aliphatic rings. The van der Waals surface area contributed by atoms with Gasteiger partial charge in [-0.25, -0.2) is 4.79 Å². The lowest BCUT2D eigenvalue weighted by Gasteiger charge is -2.08. The molecule has 0 aliphatic carbocycles. The number of benzene rings is 1. The van der Waals surface area contributed by atoms with Gasteiger partial charge in [-0.15, -0.1) is 0 Å². The summed E-state index contributed by atoms with van der Waals surface area (Å²) in [5.74, 6) is -0.466. The summed E-state index contributed by atoms with van der Waals surface area (Å²) in [4.78, 5) is 10.3.